The average molecular weight is 218 g/mol. The van der Waals surface area contributed by atoms with Gasteiger partial charge in [-0.25, -0.2) is 0 Å². The van der Waals surface area contributed by atoms with Crippen molar-refractivity contribution in [2.75, 3.05) is 20.3 Å². The number of ether oxygens (including phenoxy) is 1. The van der Waals surface area contributed by atoms with Crippen LogP contribution in [0.25, 0.3) is 0 Å². The molecule has 0 spiro atoms. The molecule has 1 amide bonds. The van der Waals surface area contributed by atoms with Crippen molar-refractivity contribution in [3.8, 4) is 6.07 Å². The number of benzene rings is 1. The molecule has 4 nitrogen and oxygen atoms in total. The van der Waals surface area contributed by atoms with Gasteiger partial charge in [0.2, 0.25) is 0 Å². The van der Waals surface area contributed by atoms with Crippen molar-refractivity contribution >= 4 is 5.91 Å². The zero-order valence-corrected chi connectivity index (χ0v) is 9.19. The molecule has 0 aliphatic carbocycles. The minimum Gasteiger partial charge on any atom is -0.383 e. The lowest BCUT2D eigenvalue weighted by Crippen LogP contribution is -2.26. The Morgan fingerprint density at radius 2 is 2.12 bits per heavy atom. The van der Waals surface area contributed by atoms with Crippen LogP contribution in [0.1, 0.15) is 15.9 Å². The lowest BCUT2D eigenvalue weighted by atomic mass is 10.1. The molecule has 1 rings (SSSR count). The van der Waals surface area contributed by atoms with Crippen molar-refractivity contribution in [1.29, 1.82) is 5.26 Å². The van der Waals surface area contributed by atoms with E-state index in [0.717, 1.165) is 5.56 Å². The van der Waals surface area contributed by atoms with Crippen LogP contribution in [-0.4, -0.2) is 26.2 Å². The Morgan fingerprint density at radius 3 is 2.69 bits per heavy atom. The topological polar surface area (TPSA) is 62.1 Å². The number of nitriles is 1. The second-order valence-corrected chi connectivity index (χ2v) is 3.28. The molecule has 0 aliphatic heterocycles. The number of nitrogens with one attached hydrogen (secondary N) is 1. The van der Waals surface area contributed by atoms with E-state index in [1.54, 1.807) is 31.4 Å². The summed E-state index contributed by atoms with van der Waals surface area (Å²) in [6.45, 7) is 0.994. The largest absolute Gasteiger partial charge is 0.383 e. The van der Waals surface area contributed by atoms with Crippen molar-refractivity contribution in [2.45, 2.75) is 6.42 Å². The fourth-order valence-corrected chi connectivity index (χ4v) is 1.23. The van der Waals surface area contributed by atoms with Crippen molar-refractivity contribution < 1.29 is 9.53 Å². The highest BCUT2D eigenvalue weighted by molar-refractivity contribution is 5.94. The fraction of sp³-hybridized carbons (Fsp3) is 0.333. The molecule has 0 saturated carbocycles. The summed E-state index contributed by atoms with van der Waals surface area (Å²) in [7, 11) is 1.59. The van der Waals surface area contributed by atoms with Gasteiger partial charge >= 0.3 is 0 Å². The van der Waals surface area contributed by atoms with Gasteiger partial charge in [-0.2, -0.15) is 5.26 Å². The molecule has 4 heteroatoms. The zero-order valence-electron chi connectivity index (χ0n) is 9.19. The highest BCUT2D eigenvalue weighted by atomic mass is 16.5. The maximum Gasteiger partial charge on any atom is 0.251 e. The first kappa shape index (κ1) is 12.2. The van der Waals surface area contributed by atoms with Gasteiger partial charge in [0, 0.05) is 19.2 Å². The maximum absolute atomic E-state index is 11.6. The molecule has 16 heavy (non-hydrogen) atoms. The third kappa shape index (κ3) is 3.71. The molecule has 1 N–H and O–H groups in total. The van der Waals surface area contributed by atoms with Crippen LogP contribution in [0.15, 0.2) is 24.3 Å². The molecule has 0 heterocycles. The van der Waals surface area contributed by atoms with Crippen molar-refractivity contribution in [1.82, 2.24) is 5.32 Å². The van der Waals surface area contributed by atoms with Crippen LogP contribution in [0.4, 0.5) is 0 Å². The van der Waals surface area contributed by atoms with Crippen LogP contribution in [0.2, 0.25) is 0 Å². The van der Waals surface area contributed by atoms with Gasteiger partial charge in [0.25, 0.3) is 5.91 Å². The number of carbonyl (C=O) groups excluding carboxylic acids is 1. The van der Waals surface area contributed by atoms with Gasteiger partial charge in [-0.15, -0.1) is 0 Å². The lowest BCUT2D eigenvalue weighted by molar-refractivity contribution is 0.0937. The smallest absolute Gasteiger partial charge is 0.251 e. The van der Waals surface area contributed by atoms with Gasteiger partial charge in [0.1, 0.15) is 0 Å². The molecule has 0 saturated heterocycles. The Bertz CT molecular complexity index is 379. The summed E-state index contributed by atoms with van der Waals surface area (Å²) in [4.78, 5) is 11.6. The Morgan fingerprint density at radius 1 is 1.44 bits per heavy atom. The average Bonchev–Trinajstić information content (AvgIpc) is 2.30. The van der Waals surface area contributed by atoms with E-state index in [2.05, 4.69) is 11.4 Å². The molecule has 1 aromatic rings. The van der Waals surface area contributed by atoms with E-state index in [-0.39, 0.29) is 5.91 Å². The van der Waals surface area contributed by atoms with Gasteiger partial charge in [-0.3, -0.25) is 4.79 Å². The first-order valence-electron chi connectivity index (χ1n) is 5.01. The molecule has 1 aromatic carbocycles. The maximum atomic E-state index is 11.6. The van der Waals surface area contributed by atoms with E-state index in [0.29, 0.717) is 25.1 Å². The minimum absolute atomic E-state index is 0.124. The molecule has 0 unspecified atom stereocenters. The summed E-state index contributed by atoms with van der Waals surface area (Å²) in [6.07, 6.45) is 0.367. The molecule has 0 aliphatic rings. The first-order valence-corrected chi connectivity index (χ1v) is 5.01. The third-order valence-electron chi connectivity index (χ3n) is 2.09. The van der Waals surface area contributed by atoms with Crippen molar-refractivity contribution in [3.63, 3.8) is 0 Å². The molecule has 0 aromatic heterocycles. The molecule has 0 fully saturated rings. The second kappa shape index (κ2) is 6.59. The molecule has 0 radical (unpaired) electrons. The van der Waals surface area contributed by atoms with Crippen LogP contribution < -0.4 is 5.32 Å². The van der Waals surface area contributed by atoms with E-state index < -0.39 is 0 Å². The summed E-state index contributed by atoms with van der Waals surface area (Å²) < 4.78 is 4.83. The minimum atomic E-state index is -0.124. The molecule has 0 bridgehead atoms. The zero-order chi connectivity index (χ0) is 11.8. The summed E-state index contributed by atoms with van der Waals surface area (Å²) in [5, 5.41) is 11.2. The number of nitrogens with zero attached hydrogens (tertiary/aromatic N) is 1. The molecular weight excluding hydrogens is 204 g/mol. The number of hydrogen-bond acceptors (Lipinski definition) is 3. The number of amides is 1. The van der Waals surface area contributed by atoms with Gasteiger partial charge in [-0.1, -0.05) is 12.1 Å². The Kier molecular flexibility index (Phi) is 5.03. The van der Waals surface area contributed by atoms with Crippen LogP contribution >= 0.6 is 0 Å². The highest BCUT2D eigenvalue weighted by Crippen LogP contribution is 2.04. The van der Waals surface area contributed by atoms with E-state index in [1.807, 2.05) is 0 Å². The third-order valence-corrected chi connectivity index (χ3v) is 2.09. The monoisotopic (exact) mass is 218 g/mol. The van der Waals surface area contributed by atoms with Crippen LogP contribution in [0, 0.1) is 11.3 Å². The predicted molar refractivity (Wildman–Crippen MR) is 60.0 cm³/mol. The number of carbonyl (C=O) groups is 1. The number of methoxy groups -OCH3 is 1. The second-order valence-electron chi connectivity index (χ2n) is 3.28. The Hall–Kier alpha value is -1.86. The van der Waals surface area contributed by atoms with Crippen LogP contribution in [0.3, 0.4) is 0 Å². The summed E-state index contributed by atoms with van der Waals surface area (Å²) >= 11 is 0. The predicted octanol–water partition coefficient (Wildman–Crippen LogP) is 1.13. The molecule has 84 valence electrons. The quantitative estimate of drug-likeness (QED) is 0.753. The molecule has 0 atom stereocenters. The lowest BCUT2D eigenvalue weighted by Gasteiger charge is -2.04. The SMILES string of the molecule is COCCNC(=O)c1ccc(CC#N)cc1. The van der Waals surface area contributed by atoms with E-state index in [4.69, 9.17) is 10.00 Å². The Labute approximate surface area is 94.8 Å². The van der Waals surface area contributed by atoms with E-state index >= 15 is 0 Å². The van der Waals surface area contributed by atoms with E-state index in [9.17, 15) is 4.79 Å². The highest BCUT2D eigenvalue weighted by Gasteiger charge is 2.03. The van der Waals surface area contributed by atoms with Crippen molar-refractivity contribution in [2.24, 2.45) is 0 Å². The number of hydrogen-bond donors (Lipinski definition) is 1. The summed E-state index contributed by atoms with van der Waals surface area (Å²) in [6, 6.07) is 9.06. The van der Waals surface area contributed by atoms with Crippen LogP contribution in [-0.2, 0) is 11.2 Å². The normalized spacial score (nSPS) is 9.50. The molecular formula is C12H14N2O2. The van der Waals surface area contributed by atoms with E-state index in [1.165, 1.54) is 0 Å². The van der Waals surface area contributed by atoms with Crippen LogP contribution in [0.5, 0.6) is 0 Å². The summed E-state index contributed by atoms with van der Waals surface area (Å²) in [5.41, 5.74) is 1.51. The van der Waals surface area contributed by atoms with Gasteiger partial charge < -0.3 is 10.1 Å². The summed E-state index contributed by atoms with van der Waals surface area (Å²) in [5.74, 6) is -0.124. The fourth-order valence-electron chi connectivity index (χ4n) is 1.23. The van der Waals surface area contributed by atoms with Gasteiger partial charge in [0.15, 0.2) is 0 Å². The first-order chi connectivity index (χ1) is 7.77. The number of rotatable bonds is 5. The van der Waals surface area contributed by atoms with Gasteiger partial charge in [0.05, 0.1) is 19.1 Å². The van der Waals surface area contributed by atoms with Gasteiger partial charge in [-0.05, 0) is 17.7 Å². The van der Waals surface area contributed by atoms with Crippen molar-refractivity contribution in [3.05, 3.63) is 35.4 Å². The standard InChI is InChI=1S/C12H14N2O2/c1-16-9-8-14-12(15)11-4-2-10(3-5-11)6-7-13/h2-5H,6,8-9H2,1H3,(H,14,15). The Balaban J connectivity index is 2.53.